The molecule has 2 aromatic rings. The number of rotatable bonds is 5. The van der Waals surface area contributed by atoms with Gasteiger partial charge in [-0.05, 0) is 67.0 Å². The van der Waals surface area contributed by atoms with Crippen LogP contribution < -0.4 is 10.1 Å². The van der Waals surface area contributed by atoms with Crippen LogP contribution in [0, 0.1) is 13.8 Å². The third-order valence-electron chi connectivity index (χ3n) is 3.66. The third-order valence-corrected chi connectivity index (χ3v) is 4.02. The molecule has 0 amide bonds. The molecule has 3 nitrogen and oxygen atoms in total. The van der Waals surface area contributed by atoms with E-state index in [1.165, 1.54) is 7.11 Å². The number of thiocarbonyl (C=S) groups is 1. The van der Waals surface area contributed by atoms with E-state index in [1.807, 2.05) is 32.0 Å². The van der Waals surface area contributed by atoms with Crippen LogP contribution in [0.15, 0.2) is 42.5 Å². The van der Waals surface area contributed by atoms with Gasteiger partial charge in [0.25, 0.3) is 0 Å². The molecule has 0 unspecified atom stereocenters. The van der Waals surface area contributed by atoms with Crippen molar-refractivity contribution in [2.45, 2.75) is 26.6 Å². The number of hydrogen-bond acceptors (Lipinski definition) is 2. The van der Waals surface area contributed by atoms with E-state index in [1.54, 1.807) is 24.3 Å². The molecule has 1 N–H and O–H groups in total. The summed E-state index contributed by atoms with van der Waals surface area (Å²) in [5, 5.41) is 2.95. The van der Waals surface area contributed by atoms with Crippen LogP contribution in [0.25, 0.3) is 0 Å². The monoisotopic (exact) mass is 382 g/mol. The van der Waals surface area contributed by atoms with Gasteiger partial charge in [0.2, 0.25) is 0 Å². The number of methoxy groups -OCH3 is 1. The first-order chi connectivity index (χ1) is 12.2. The minimum absolute atomic E-state index is 0.0307. The average Bonchev–Trinajstić information content (AvgIpc) is 2.52. The normalized spacial score (nSPS) is 11.2. The van der Waals surface area contributed by atoms with Crippen molar-refractivity contribution in [2.24, 2.45) is 0 Å². The molecule has 2 rings (SSSR count). The first kappa shape index (κ1) is 20.0. The zero-order chi connectivity index (χ0) is 19.3. The van der Waals surface area contributed by atoms with Crippen molar-refractivity contribution in [2.75, 3.05) is 19.0 Å². The fraction of sp³-hybridized carbons (Fsp3) is 0.316. The summed E-state index contributed by atoms with van der Waals surface area (Å²) in [7, 11) is 1.54. The van der Waals surface area contributed by atoms with E-state index in [2.05, 4.69) is 5.32 Å². The second kappa shape index (κ2) is 8.40. The lowest BCUT2D eigenvalue weighted by Gasteiger charge is -2.27. The summed E-state index contributed by atoms with van der Waals surface area (Å²) in [6.45, 7) is 2.76. The molecule has 0 heterocycles. The van der Waals surface area contributed by atoms with Gasteiger partial charge in [-0.15, -0.1) is 0 Å². The number of anilines is 1. The Hall–Kier alpha value is -2.28. The molecule has 0 saturated carbocycles. The predicted molar refractivity (Wildman–Crippen MR) is 102 cm³/mol. The largest absolute Gasteiger partial charge is 0.497 e. The van der Waals surface area contributed by atoms with Crippen LogP contribution in [0.1, 0.15) is 16.7 Å². The fourth-order valence-electron chi connectivity index (χ4n) is 2.62. The first-order valence-electron chi connectivity index (χ1n) is 8.00. The highest BCUT2D eigenvalue weighted by atomic mass is 32.1. The number of nitrogens with zero attached hydrogens (tertiary/aromatic N) is 1. The van der Waals surface area contributed by atoms with Crippen molar-refractivity contribution < 1.29 is 17.9 Å². The Kier molecular flexibility index (Phi) is 6.47. The van der Waals surface area contributed by atoms with Gasteiger partial charge in [-0.2, -0.15) is 13.2 Å². The van der Waals surface area contributed by atoms with Gasteiger partial charge in [0, 0.05) is 12.2 Å². The topological polar surface area (TPSA) is 24.5 Å². The Balaban J connectivity index is 2.17. The van der Waals surface area contributed by atoms with Gasteiger partial charge in [0.1, 0.15) is 12.3 Å². The lowest BCUT2D eigenvalue weighted by atomic mass is 10.1. The molecule has 26 heavy (non-hydrogen) atoms. The van der Waals surface area contributed by atoms with E-state index in [9.17, 15) is 13.2 Å². The predicted octanol–water partition coefficient (Wildman–Crippen LogP) is 5.07. The maximum atomic E-state index is 13.0. The summed E-state index contributed by atoms with van der Waals surface area (Å²) in [5.74, 6) is 0.645. The van der Waals surface area contributed by atoms with Crippen LogP contribution in [-0.4, -0.2) is 29.8 Å². The van der Waals surface area contributed by atoms with Gasteiger partial charge < -0.3 is 15.0 Å². The smallest absolute Gasteiger partial charge is 0.406 e. The van der Waals surface area contributed by atoms with E-state index in [-0.39, 0.29) is 11.7 Å². The molecule has 0 radical (unpaired) electrons. The van der Waals surface area contributed by atoms with Gasteiger partial charge in [0.15, 0.2) is 5.11 Å². The molecule has 0 aliphatic heterocycles. The maximum Gasteiger partial charge on any atom is 0.406 e. The van der Waals surface area contributed by atoms with Crippen LogP contribution in [-0.2, 0) is 6.54 Å². The summed E-state index contributed by atoms with van der Waals surface area (Å²) in [5.41, 5.74) is 3.40. The highest BCUT2D eigenvalue weighted by molar-refractivity contribution is 7.80. The molecule has 0 aliphatic carbocycles. The Morgan fingerprint density at radius 3 is 2.15 bits per heavy atom. The number of halogens is 3. The Bertz CT molecular complexity index is 740. The molecule has 0 aliphatic rings. The SMILES string of the molecule is COc1ccc(CN(CC(F)(F)F)C(=S)Nc2cc(C)cc(C)c2)cc1. The molecule has 0 atom stereocenters. The molecule has 0 fully saturated rings. The lowest BCUT2D eigenvalue weighted by molar-refractivity contribution is -0.138. The number of nitrogens with one attached hydrogen (secondary N) is 1. The molecule has 2 aromatic carbocycles. The van der Waals surface area contributed by atoms with E-state index >= 15 is 0 Å². The van der Waals surface area contributed by atoms with Crippen LogP contribution in [0.3, 0.4) is 0 Å². The zero-order valence-electron chi connectivity index (χ0n) is 14.9. The summed E-state index contributed by atoms with van der Waals surface area (Å²) in [6, 6.07) is 12.5. The molecular weight excluding hydrogens is 361 g/mol. The van der Waals surface area contributed by atoms with Gasteiger partial charge in [-0.1, -0.05) is 18.2 Å². The molecule has 7 heteroatoms. The van der Waals surface area contributed by atoms with Crippen LogP contribution >= 0.6 is 12.2 Å². The maximum absolute atomic E-state index is 13.0. The van der Waals surface area contributed by atoms with Crippen molar-refractivity contribution in [3.8, 4) is 5.75 Å². The minimum atomic E-state index is -4.36. The van der Waals surface area contributed by atoms with Crippen LogP contribution in [0.5, 0.6) is 5.75 Å². The van der Waals surface area contributed by atoms with E-state index < -0.39 is 12.7 Å². The van der Waals surface area contributed by atoms with Gasteiger partial charge in [-0.3, -0.25) is 0 Å². The summed E-state index contributed by atoms with van der Waals surface area (Å²) in [4.78, 5) is 1.11. The van der Waals surface area contributed by atoms with Crippen molar-refractivity contribution in [1.82, 2.24) is 4.90 Å². The van der Waals surface area contributed by atoms with Gasteiger partial charge >= 0.3 is 6.18 Å². The highest BCUT2D eigenvalue weighted by Gasteiger charge is 2.32. The fourth-order valence-corrected chi connectivity index (χ4v) is 2.86. The Morgan fingerprint density at radius 1 is 1.08 bits per heavy atom. The highest BCUT2D eigenvalue weighted by Crippen LogP contribution is 2.21. The molecule has 0 saturated heterocycles. The molecule has 140 valence electrons. The molecule has 0 spiro atoms. The average molecular weight is 382 g/mol. The van der Waals surface area contributed by atoms with E-state index in [0.717, 1.165) is 16.0 Å². The van der Waals surface area contributed by atoms with Crippen molar-refractivity contribution in [1.29, 1.82) is 0 Å². The van der Waals surface area contributed by atoms with E-state index in [0.29, 0.717) is 17.0 Å². The van der Waals surface area contributed by atoms with Crippen molar-refractivity contribution in [3.05, 3.63) is 59.2 Å². The number of ether oxygens (including phenoxy) is 1. The molecule has 0 bridgehead atoms. The Labute approximate surface area is 156 Å². The first-order valence-corrected chi connectivity index (χ1v) is 8.41. The van der Waals surface area contributed by atoms with E-state index in [4.69, 9.17) is 17.0 Å². The molecule has 0 aromatic heterocycles. The number of aryl methyl sites for hydroxylation is 2. The second-order valence-electron chi connectivity index (χ2n) is 6.13. The second-order valence-corrected chi connectivity index (χ2v) is 6.51. The standard InChI is InChI=1S/C19H21F3N2OS/c1-13-8-14(2)10-16(9-13)23-18(26)24(12-19(20,21)22)11-15-4-6-17(25-3)7-5-15/h4-10H,11-12H2,1-3H3,(H,23,26). The van der Waals surface area contributed by atoms with Crippen LogP contribution in [0.4, 0.5) is 18.9 Å². The van der Waals surface area contributed by atoms with Crippen molar-refractivity contribution >= 4 is 23.0 Å². The number of hydrogen-bond donors (Lipinski definition) is 1. The summed E-state index contributed by atoms with van der Waals surface area (Å²) >= 11 is 5.25. The Morgan fingerprint density at radius 2 is 1.65 bits per heavy atom. The summed E-state index contributed by atoms with van der Waals surface area (Å²) in [6.07, 6.45) is -4.36. The van der Waals surface area contributed by atoms with Gasteiger partial charge in [-0.25, -0.2) is 0 Å². The van der Waals surface area contributed by atoms with Gasteiger partial charge in [0.05, 0.1) is 7.11 Å². The van der Waals surface area contributed by atoms with Crippen molar-refractivity contribution in [3.63, 3.8) is 0 Å². The summed E-state index contributed by atoms with van der Waals surface area (Å²) < 4.78 is 44.1. The third kappa shape index (κ3) is 6.22. The van der Waals surface area contributed by atoms with Crippen LogP contribution in [0.2, 0.25) is 0 Å². The lowest BCUT2D eigenvalue weighted by Crippen LogP contribution is -2.40. The minimum Gasteiger partial charge on any atom is -0.497 e. The number of alkyl halides is 3. The zero-order valence-corrected chi connectivity index (χ0v) is 15.7. The molecular formula is C19H21F3N2OS. The number of benzene rings is 2. The quantitative estimate of drug-likeness (QED) is 0.730.